The third-order valence-corrected chi connectivity index (χ3v) is 10.2. The molecule has 10 heteroatoms. The maximum Gasteiger partial charge on any atom is 2.00 e. The summed E-state index contributed by atoms with van der Waals surface area (Å²) in [6, 6.07) is -0.528. The van der Waals surface area contributed by atoms with E-state index in [1.54, 1.807) is 0 Å². The summed E-state index contributed by atoms with van der Waals surface area (Å²) in [4.78, 5) is 35.8. The van der Waals surface area contributed by atoms with Gasteiger partial charge >= 0.3 is 35.0 Å². The van der Waals surface area contributed by atoms with Gasteiger partial charge in [0.15, 0.2) is 0 Å². The molecule has 0 radical (unpaired) electrons. The molecular weight excluding hydrogens is 593 g/mol. The first kappa shape index (κ1) is 33.9. The van der Waals surface area contributed by atoms with Gasteiger partial charge in [0, 0.05) is 6.42 Å². The summed E-state index contributed by atoms with van der Waals surface area (Å²) >= 11 is 0. The van der Waals surface area contributed by atoms with Crippen LogP contribution in [0.4, 0.5) is 0 Å². The minimum absolute atomic E-state index is 0. The van der Waals surface area contributed by atoms with Gasteiger partial charge < -0.3 is 35.2 Å². The molecule has 3 unspecified atom stereocenters. The van der Waals surface area contributed by atoms with Gasteiger partial charge in [-0.05, 0) is 51.0 Å². The summed E-state index contributed by atoms with van der Waals surface area (Å²) in [5.74, 6) is -2.09. The first-order valence-electron chi connectivity index (χ1n) is 15.6. The second-order valence-corrected chi connectivity index (χ2v) is 12.4. The SMILES string of the molecule is C=CC1=C(C)/C2=C/C3[N-]/C(=C4\c5[n-]c(c(C)c5C(O)[C@@H]4C(=O)OC)/C=c4\[n-]/c(c(C)c4CC)=C\C1[N-]2)[C@@H](CCC(=O)OC)[C@@H]3C.[Mg+2]. The Balaban J connectivity index is 0.00000417. The number of aliphatic hydroxyl groups is 1. The van der Waals surface area contributed by atoms with E-state index in [-0.39, 0.29) is 59.4 Å². The van der Waals surface area contributed by atoms with Gasteiger partial charge in [0.1, 0.15) is 5.92 Å². The molecule has 2 aromatic rings. The number of ether oxygens (including phenoxy) is 2. The number of allylic oxidation sites excluding steroid dienone is 2. The third-order valence-electron chi connectivity index (χ3n) is 10.2. The molecule has 1 saturated heterocycles. The van der Waals surface area contributed by atoms with Crippen LogP contribution < -0.4 is 20.7 Å². The number of fused-ring (bicyclic) bond motifs is 7. The van der Waals surface area contributed by atoms with Gasteiger partial charge in [0.2, 0.25) is 0 Å². The third kappa shape index (κ3) is 5.28. The zero-order valence-electron chi connectivity index (χ0n) is 27.7. The second kappa shape index (κ2) is 13.0. The summed E-state index contributed by atoms with van der Waals surface area (Å²) in [6.07, 6.45) is 8.32. The average molecular weight is 633 g/mol. The Bertz CT molecular complexity index is 1830. The van der Waals surface area contributed by atoms with Crippen LogP contribution in [0.25, 0.3) is 28.4 Å². The monoisotopic (exact) mass is 632 g/mol. The molecule has 9 nitrogen and oxygen atoms in total. The minimum atomic E-state index is -1.15. The molecule has 1 aliphatic carbocycles. The fourth-order valence-electron chi connectivity index (χ4n) is 7.56. The molecular formula is C36H40MgN4O5-2. The topological polar surface area (TPSA) is 129 Å². The Labute approximate surface area is 286 Å². The van der Waals surface area contributed by atoms with Crippen LogP contribution in [0.15, 0.2) is 41.3 Å². The first-order chi connectivity index (χ1) is 21.5. The second-order valence-electron chi connectivity index (χ2n) is 12.4. The van der Waals surface area contributed by atoms with Crippen molar-refractivity contribution in [2.45, 2.75) is 72.1 Å². The number of rotatable bonds is 6. The van der Waals surface area contributed by atoms with Gasteiger partial charge in [0.25, 0.3) is 0 Å². The smallest absolute Gasteiger partial charge is 0.681 e. The molecule has 1 fully saturated rings. The molecule has 5 heterocycles. The molecule has 0 spiro atoms. The number of methoxy groups -OCH3 is 2. The Hall–Kier alpha value is -3.47. The van der Waals surface area contributed by atoms with E-state index in [4.69, 9.17) is 30.1 Å². The molecule has 6 atom stereocenters. The molecule has 4 aliphatic rings. The van der Waals surface area contributed by atoms with Gasteiger partial charge in [-0.15, -0.1) is 39.9 Å². The summed E-state index contributed by atoms with van der Waals surface area (Å²) in [5, 5.41) is 23.8. The minimum Gasteiger partial charge on any atom is -0.681 e. The molecule has 0 amide bonds. The average Bonchev–Trinajstić information content (AvgIpc) is 3.76. The summed E-state index contributed by atoms with van der Waals surface area (Å²) < 4.78 is 10.2. The van der Waals surface area contributed by atoms with Crippen LogP contribution in [-0.4, -0.2) is 66.4 Å². The molecule has 0 saturated carbocycles. The van der Waals surface area contributed by atoms with Crippen LogP contribution in [0, 0.1) is 31.6 Å². The number of hydrogen-bond donors (Lipinski definition) is 1. The van der Waals surface area contributed by atoms with Crippen molar-refractivity contribution in [3.63, 3.8) is 0 Å². The number of nitrogens with zero attached hydrogens (tertiary/aromatic N) is 4. The fourth-order valence-corrected chi connectivity index (χ4v) is 7.56. The number of carbonyl (C=O) groups excluding carboxylic acids is 2. The van der Waals surface area contributed by atoms with Gasteiger partial charge in [0.05, 0.1) is 20.3 Å². The van der Waals surface area contributed by atoms with Crippen LogP contribution in [0.1, 0.15) is 73.4 Å². The Morgan fingerprint density at radius 1 is 1.04 bits per heavy atom. The predicted octanol–water partition coefficient (Wildman–Crippen LogP) is 3.67. The quantitative estimate of drug-likeness (QED) is 0.380. The predicted molar refractivity (Wildman–Crippen MR) is 178 cm³/mol. The molecule has 1 N–H and O–H groups in total. The van der Waals surface area contributed by atoms with E-state index >= 15 is 0 Å². The normalized spacial score (nSPS) is 30.1. The van der Waals surface area contributed by atoms with Crippen molar-refractivity contribution in [1.29, 1.82) is 0 Å². The van der Waals surface area contributed by atoms with Gasteiger partial charge in [-0.25, -0.2) is 0 Å². The van der Waals surface area contributed by atoms with Crippen LogP contribution in [0.3, 0.4) is 0 Å². The van der Waals surface area contributed by atoms with E-state index in [0.717, 1.165) is 50.7 Å². The van der Waals surface area contributed by atoms with Crippen molar-refractivity contribution in [3.8, 4) is 0 Å². The number of hydrogen-bond acceptors (Lipinski definition) is 5. The van der Waals surface area contributed by atoms with Gasteiger partial charge in [-0.1, -0.05) is 78.1 Å². The molecule has 3 aliphatic heterocycles. The molecule has 238 valence electrons. The summed E-state index contributed by atoms with van der Waals surface area (Å²) in [5.41, 5.74) is 8.99. The molecule has 0 aromatic carbocycles. The van der Waals surface area contributed by atoms with E-state index in [9.17, 15) is 14.7 Å². The Morgan fingerprint density at radius 3 is 2.43 bits per heavy atom. The Morgan fingerprint density at radius 2 is 1.78 bits per heavy atom. The standard InChI is InChI=1S/C36H40N4O5.Mg/c1-9-20-16(3)23-13-25-18(5)22(11-12-29(41)44-7)33(39-25)31-32(36(43)45-8)35(42)30-19(6)26(40-34(30)31)15-28-21(10-2)17(4)24(38-28)14-27(20)37-23;/h9,13-15,18,22,25,27,32,35,42H,1,10-12H2,2-8H3;/q-4;+2/b23-13-,24-14-,28-15-,33-31-;/t18-,22-,25?,27?,32+,35?;/m0./s1. The van der Waals surface area contributed by atoms with Gasteiger partial charge in [-0.3, -0.25) is 9.59 Å². The summed E-state index contributed by atoms with van der Waals surface area (Å²) in [7, 11) is 2.70. The van der Waals surface area contributed by atoms with Crippen LogP contribution in [-0.2, 0) is 25.5 Å². The van der Waals surface area contributed by atoms with E-state index in [2.05, 4.69) is 46.4 Å². The van der Waals surface area contributed by atoms with E-state index in [1.165, 1.54) is 14.2 Å². The zero-order chi connectivity index (χ0) is 32.3. The summed E-state index contributed by atoms with van der Waals surface area (Å²) in [6.45, 7) is 14.4. The maximum atomic E-state index is 13.3. The van der Waals surface area contributed by atoms with Crippen molar-refractivity contribution < 1.29 is 24.2 Å². The molecule has 8 bridgehead atoms. The molecule has 2 aromatic heterocycles. The van der Waals surface area contributed by atoms with Crippen LogP contribution >= 0.6 is 0 Å². The van der Waals surface area contributed by atoms with E-state index < -0.39 is 18.0 Å². The van der Waals surface area contributed by atoms with Crippen molar-refractivity contribution in [3.05, 3.63) is 96.2 Å². The van der Waals surface area contributed by atoms with Crippen LogP contribution in [0.5, 0.6) is 0 Å². The van der Waals surface area contributed by atoms with E-state index in [1.807, 2.05) is 19.1 Å². The van der Waals surface area contributed by atoms with E-state index in [0.29, 0.717) is 34.6 Å². The number of esters is 2. The van der Waals surface area contributed by atoms with Crippen molar-refractivity contribution in [2.24, 2.45) is 17.8 Å². The van der Waals surface area contributed by atoms with Gasteiger partial charge in [-0.2, -0.15) is 5.70 Å². The largest absolute Gasteiger partial charge is 2.00 e. The van der Waals surface area contributed by atoms with Crippen LogP contribution in [0.2, 0.25) is 0 Å². The first-order valence-corrected chi connectivity index (χ1v) is 15.6. The fraction of sp³-hybridized carbons (Fsp3) is 0.444. The molecule has 46 heavy (non-hydrogen) atoms. The van der Waals surface area contributed by atoms with Crippen molar-refractivity contribution in [2.75, 3.05) is 14.2 Å². The number of aromatic nitrogens is 2. The number of carbonyl (C=O) groups is 2. The number of aliphatic hydroxyl groups excluding tert-OH is 1. The molecule has 6 rings (SSSR count). The zero-order valence-corrected chi connectivity index (χ0v) is 29.1. The van der Waals surface area contributed by atoms with Crippen molar-refractivity contribution in [1.82, 2.24) is 9.97 Å². The maximum absolute atomic E-state index is 13.3. The van der Waals surface area contributed by atoms with Crippen molar-refractivity contribution >= 4 is 52.7 Å². The Kier molecular flexibility index (Phi) is 9.55.